The summed E-state index contributed by atoms with van der Waals surface area (Å²) in [6.07, 6.45) is 5.53. The maximum absolute atomic E-state index is 13.2. The van der Waals surface area contributed by atoms with Crippen LogP contribution in [0.2, 0.25) is 0 Å². The molecule has 1 unspecified atom stereocenters. The lowest BCUT2D eigenvalue weighted by atomic mass is 10.0. The van der Waals surface area contributed by atoms with E-state index >= 15 is 0 Å². The van der Waals surface area contributed by atoms with Gasteiger partial charge in [-0.05, 0) is 37.1 Å². The summed E-state index contributed by atoms with van der Waals surface area (Å²) in [6, 6.07) is 4.18. The van der Waals surface area contributed by atoms with E-state index in [1.54, 1.807) is 12.3 Å². The van der Waals surface area contributed by atoms with Gasteiger partial charge in [0.25, 0.3) is 0 Å². The first-order valence-electron chi connectivity index (χ1n) is 7.23. The van der Waals surface area contributed by atoms with Crippen molar-refractivity contribution in [3.8, 4) is 0 Å². The summed E-state index contributed by atoms with van der Waals surface area (Å²) >= 11 is 0. The Labute approximate surface area is 127 Å². The van der Waals surface area contributed by atoms with Crippen LogP contribution in [0.5, 0.6) is 0 Å². The molecule has 2 heterocycles. The molecule has 1 aliphatic heterocycles. The second kappa shape index (κ2) is 6.23. The van der Waals surface area contributed by atoms with E-state index in [2.05, 4.69) is 15.2 Å². The molecule has 1 aromatic carbocycles. The smallest absolute Gasteiger partial charge is 0.336 e. The highest BCUT2D eigenvalue weighted by Gasteiger charge is 2.23. The van der Waals surface area contributed by atoms with Gasteiger partial charge in [0.15, 0.2) is 0 Å². The van der Waals surface area contributed by atoms with E-state index in [1.165, 1.54) is 6.07 Å². The standard InChI is InChI=1S/C15H17FN4O2/c16-12-4-3-11(14(8-12)15(21)22)9-19-6-1-2-13(10-19)20-7-5-17-18-20/h3-5,7-8,13H,1-2,6,9-10H2,(H,21,22). The molecule has 0 saturated carbocycles. The first-order chi connectivity index (χ1) is 10.6. The van der Waals surface area contributed by atoms with Gasteiger partial charge in [-0.3, -0.25) is 4.90 Å². The van der Waals surface area contributed by atoms with E-state index < -0.39 is 11.8 Å². The number of piperidine rings is 1. The fourth-order valence-corrected chi connectivity index (χ4v) is 2.93. The van der Waals surface area contributed by atoms with Crippen molar-refractivity contribution in [3.05, 3.63) is 47.5 Å². The number of rotatable bonds is 4. The van der Waals surface area contributed by atoms with Crippen molar-refractivity contribution in [2.45, 2.75) is 25.4 Å². The maximum atomic E-state index is 13.2. The Hall–Kier alpha value is -2.28. The second-order valence-electron chi connectivity index (χ2n) is 5.52. The minimum atomic E-state index is -1.10. The highest BCUT2D eigenvalue weighted by Crippen LogP contribution is 2.23. The number of hydrogen-bond acceptors (Lipinski definition) is 4. The van der Waals surface area contributed by atoms with Crippen LogP contribution in [0.15, 0.2) is 30.6 Å². The average Bonchev–Trinajstić information content (AvgIpc) is 3.03. The van der Waals surface area contributed by atoms with Crippen molar-refractivity contribution in [2.75, 3.05) is 13.1 Å². The topological polar surface area (TPSA) is 71.2 Å². The molecule has 0 spiro atoms. The van der Waals surface area contributed by atoms with Gasteiger partial charge in [0, 0.05) is 19.3 Å². The molecule has 6 nitrogen and oxygen atoms in total. The summed E-state index contributed by atoms with van der Waals surface area (Å²) in [4.78, 5) is 13.4. The molecule has 1 aromatic heterocycles. The van der Waals surface area contributed by atoms with Crippen molar-refractivity contribution >= 4 is 5.97 Å². The summed E-state index contributed by atoms with van der Waals surface area (Å²) in [7, 11) is 0. The Morgan fingerprint density at radius 3 is 3.05 bits per heavy atom. The molecule has 116 valence electrons. The quantitative estimate of drug-likeness (QED) is 0.935. The van der Waals surface area contributed by atoms with Gasteiger partial charge in [-0.25, -0.2) is 13.9 Å². The first-order valence-corrected chi connectivity index (χ1v) is 7.23. The number of hydrogen-bond donors (Lipinski definition) is 1. The Morgan fingerprint density at radius 2 is 2.32 bits per heavy atom. The van der Waals surface area contributed by atoms with Gasteiger partial charge in [0.2, 0.25) is 0 Å². The molecule has 1 aliphatic rings. The molecule has 1 N–H and O–H groups in total. The third kappa shape index (κ3) is 3.14. The Balaban J connectivity index is 1.74. The van der Waals surface area contributed by atoms with Gasteiger partial charge in [-0.1, -0.05) is 11.3 Å². The first kappa shape index (κ1) is 14.6. The summed E-state index contributed by atoms with van der Waals surface area (Å²) in [5, 5.41) is 17.1. The lowest BCUT2D eigenvalue weighted by Gasteiger charge is -2.32. The predicted molar refractivity (Wildman–Crippen MR) is 76.9 cm³/mol. The van der Waals surface area contributed by atoms with Crippen LogP contribution in [0.3, 0.4) is 0 Å². The monoisotopic (exact) mass is 304 g/mol. The molecule has 1 fully saturated rings. The van der Waals surface area contributed by atoms with Crippen LogP contribution in [-0.2, 0) is 6.54 Å². The lowest BCUT2D eigenvalue weighted by molar-refractivity contribution is 0.0693. The second-order valence-corrected chi connectivity index (χ2v) is 5.52. The number of nitrogens with zero attached hydrogens (tertiary/aromatic N) is 4. The highest BCUT2D eigenvalue weighted by atomic mass is 19.1. The minimum absolute atomic E-state index is 0.0304. The summed E-state index contributed by atoms with van der Waals surface area (Å²) in [5.41, 5.74) is 0.663. The Kier molecular flexibility index (Phi) is 4.15. The van der Waals surface area contributed by atoms with E-state index in [0.717, 1.165) is 32.0 Å². The molecular weight excluding hydrogens is 287 g/mol. The van der Waals surface area contributed by atoms with E-state index in [-0.39, 0.29) is 11.6 Å². The predicted octanol–water partition coefficient (Wildman–Crippen LogP) is 1.95. The molecular formula is C15H17FN4O2. The molecule has 0 aliphatic carbocycles. The normalized spacial score (nSPS) is 19.2. The number of aromatic nitrogens is 3. The zero-order chi connectivity index (χ0) is 15.5. The Bertz CT molecular complexity index is 660. The molecule has 1 atom stereocenters. The van der Waals surface area contributed by atoms with Crippen LogP contribution in [0.25, 0.3) is 0 Å². The molecule has 3 rings (SSSR count). The number of benzene rings is 1. The summed E-state index contributed by atoms with van der Waals surface area (Å²) in [6.45, 7) is 2.16. The summed E-state index contributed by atoms with van der Waals surface area (Å²) < 4.78 is 15.1. The molecule has 22 heavy (non-hydrogen) atoms. The largest absolute Gasteiger partial charge is 0.478 e. The van der Waals surface area contributed by atoms with Crippen LogP contribution < -0.4 is 0 Å². The van der Waals surface area contributed by atoms with Gasteiger partial charge in [0.05, 0.1) is 17.8 Å². The van der Waals surface area contributed by atoms with Gasteiger partial charge >= 0.3 is 5.97 Å². The lowest BCUT2D eigenvalue weighted by Crippen LogP contribution is -2.36. The molecule has 0 radical (unpaired) electrons. The van der Waals surface area contributed by atoms with Gasteiger partial charge in [-0.15, -0.1) is 5.10 Å². The zero-order valence-electron chi connectivity index (χ0n) is 12.0. The van der Waals surface area contributed by atoms with Crippen LogP contribution in [-0.4, -0.2) is 44.1 Å². The molecule has 0 amide bonds. The third-order valence-corrected chi connectivity index (χ3v) is 3.99. The van der Waals surface area contributed by atoms with E-state index in [1.807, 2.05) is 10.9 Å². The number of aromatic carboxylic acids is 1. The van der Waals surface area contributed by atoms with Crippen LogP contribution in [0.4, 0.5) is 4.39 Å². The minimum Gasteiger partial charge on any atom is -0.478 e. The third-order valence-electron chi connectivity index (χ3n) is 3.99. The summed E-state index contributed by atoms with van der Waals surface area (Å²) in [5.74, 6) is -1.63. The molecule has 1 saturated heterocycles. The SMILES string of the molecule is O=C(O)c1cc(F)ccc1CN1CCCC(n2ccnn2)C1. The fourth-order valence-electron chi connectivity index (χ4n) is 2.93. The number of carboxylic acid groups (broad SMARTS) is 1. The van der Waals surface area contributed by atoms with Crippen LogP contribution >= 0.6 is 0 Å². The highest BCUT2D eigenvalue weighted by molar-refractivity contribution is 5.89. The van der Waals surface area contributed by atoms with Gasteiger partial charge in [0.1, 0.15) is 5.82 Å². The molecule has 7 heteroatoms. The number of halogens is 1. The van der Waals surface area contributed by atoms with Crippen LogP contribution in [0.1, 0.15) is 34.8 Å². The molecule has 0 bridgehead atoms. The van der Waals surface area contributed by atoms with Crippen molar-refractivity contribution in [1.82, 2.24) is 19.9 Å². The fraction of sp³-hybridized carbons (Fsp3) is 0.400. The van der Waals surface area contributed by atoms with E-state index in [9.17, 15) is 14.3 Å². The van der Waals surface area contributed by atoms with Crippen LogP contribution in [0, 0.1) is 5.82 Å². The average molecular weight is 304 g/mol. The van der Waals surface area contributed by atoms with Crippen molar-refractivity contribution in [3.63, 3.8) is 0 Å². The Morgan fingerprint density at radius 1 is 1.45 bits per heavy atom. The van der Waals surface area contributed by atoms with Crippen molar-refractivity contribution in [2.24, 2.45) is 0 Å². The van der Waals surface area contributed by atoms with E-state index in [0.29, 0.717) is 12.1 Å². The van der Waals surface area contributed by atoms with Crippen molar-refractivity contribution < 1.29 is 14.3 Å². The number of likely N-dealkylation sites (tertiary alicyclic amines) is 1. The number of carbonyl (C=O) groups is 1. The van der Waals surface area contributed by atoms with Gasteiger partial charge in [-0.2, -0.15) is 0 Å². The zero-order valence-corrected chi connectivity index (χ0v) is 12.0. The number of carboxylic acids is 1. The van der Waals surface area contributed by atoms with Gasteiger partial charge < -0.3 is 5.11 Å². The van der Waals surface area contributed by atoms with Crippen molar-refractivity contribution in [1.29, 1.82) is 0 Å². The van der Waals surface area contributed by atoms with E-state index in [4.69, 9.17) is 0 Å². The molecule has 2 aromatic rings. The maximum Gasteiger partial charge on any atom is 0.336 e.